The lowest BCUT2D eigenvalue weighted by atomic mass is 10.3. The summed E-state index contributed by atoms with van der Waals surface area (Å²) in [6, 6.07) is -0.233. The molecule has 0 fully saturated rings. The molecule has 0 aliphatic carbocycles. The van der Waals surface area contributed by atoms with Crippen LogP contribution < -0.4 is 4.84 Å². The Hall–Kier alpha value is -1.74. The number of alkyl halides is 6. The van der Waals surface area contributed by atoms with E-state index >= 15 is 0 Å². The second-order valence-electron chi connectivity index (χ2n) is 3.10. The fraction of sp³-hybridized carbons (Fsp3) is 0.500. The molecule has 0 bridgehead atoms. The zero-order chi connectivity index (χ0) is 14.1. The Kier molecular flexibility index (Phi) is 3.58. The summed E-state index contributed by atoms with van der Waals surface area (Å²) in [6.07, 6.45) is -10.5. The van der Waals surface area contributed by atoms with Gasteiger partial charge in [-0.15, -0.1) is 5.10 Å². The molecule has 1 rings (SSSR count). The number of carbonyl (C=O) groups is 1. The van der Waals surface area contributed by atoms with Crippen molar-refractivity contribution < 1.29 is 36.0 Å². The highest BCUT2D eigenvalue weighted by molar-refractivity contribution is 5.69. The smallest absolute Gasteiger partial charge is 0.319 e. The molecule has 0 aliphatic rings. The van der Waals surface area contributed by atoms with Crippen molar-refractivity contribution in [3.8, 4) is 0 Å². The van der Waals surface area contributed by atoms with Crippen LogP contribution in [0.5, 0.6) is 0 Å². The second-order valence-corrected chi connectivity index (χ2v) is 3.10. The normalized spacial score (nSPS) is 12.6. The molecule has 10 heteroatoms. The average Bonchev–Trinajstić information content (AvgIpc) is 2.60. The van der Waals surface area contributed by atoms with E-state index in [0.29, 0.717) is 0 Å². The van der Waals surface area contributed by atoms with Gasteiger partial charge in [-0.1, -0.05) is 11.8 Å². The summed E-state index contributed by atoms with van der Waals surface area (Å²) >= 11 is 0. The van der Waals surface area contributed by atoms with Gasteiger partial charge in [0.15, 0.2) is 11.4 Å². The molecule has 1 aromatic heterocycles. The molecule has 0 N–H and O–H groups in total. The molecule has 0 spiro atoms. The van der Waals surface area contributed by atoms with Gasteiger partial charge in [0.1, 0.15) is 0 Å². The predicted molar refractivity (Wildman–Crippen MR) is 44.1 cm³/mol. The Labute approximate surface area is 96.1 Å². The first-order chi connectivity index (χ1) is 8.05. The highest BCUT2D eigenvalue weighted by Crippen LogP contribution is 2.34. The van der Waals surface area contributed by atoms with Crippen molar-refractivity contribution >= 4 is 5.97 Å². The van der Waals surface area contributed by atoms with E-state index in [-0.39, 0.29) is 12.5 Å². The maximum absolute atomic E-state index is 12.4. The van der Waals surface area contributed by atoms with Gasteiger partial charge in [-0.25, -0.2) is 4.79 Å². The molecule has 0 saturated carbocycles. The third-order valence-electron chi connectivity index (χ3n) is 1.74. The zero-order valence-corrected chi connectivity index (χ0v) is 8.76. The summed E-state index contributed by atoms with van der Waals surface area (Å²) in [5.74, 6) is -1.14. The Bertz CT molecular complexity index is 447. The Morgan fingerprint density at radius 3 is 2.22 bits per heavy atom. The van der Waals surface area contributed by atoms with Crippen LogP contribution in [0.15, 0.2) is 6.07 Å². The van der Waals surface area contributed by atoms with Crippen molar-refractivity contribution in [1.29, 1.82) is 0 Å². The van der Waals surface area contributed by atoms with Gasteiger partial charge in [-0.3, -0.25) is 0 Å². The molecule has 0 atom stereocenters. The van der Waals surface area contributed by atoms with E-state index in [9.17, 15) is 31.1 Å². The Balaban J connectivity index is 3.22. The standard InChI is InChI=1S/C8H6F6N2O2/c1-2-6(17)18-16-5(8(12,13)14)3-4(15-16)7(9,10)11/h3H,2H2,1H3. The third-order valence-corrected chi connectivity index (χ3v) is 1.74. The van der Waals surface area contributed by atoms with E-state index in [4.69, 9.17) is 0 Å². The Morgan fingerprint density at radius 2 is 1.83 bits per heavy atom. The first-order valence-corrected chi connectivity index (χ1v) is 4.51. The van der Waals surface area contributed by atoms with Crippen LogP contribution in [-0.2, 0) is 17.1 Å². The minimum Gasteiger partial charge on any atom is -0.319 e. The van der Waals surface area contributed by atoms with Crippen LogP contribution in [0.3, 0.4) is 0 Å². The maximum Gasteiger partial charge on any atom is 0.436 e. The highest BCUT2D eigenvalue weighted by Gasteiger charge is 2.43. The molecule has 0 unspecified atom stereocenters. The number of aromatic nitrogens is 2. The number of carbonyl (C=O) groups excluding carboxylic acids is 1. The highest BCUT2D eigenvalue weighted by atomic mass is 19.4. The lowest BCUT2D eigenvalue weighted by Gasteiger charge is -2.08. The minimum absolute atomic E-state index is 0.233. The third kappa shape index (κ3) is 3.14. The molecular weight excluding hydrogens is 270 g/mol. The molecule has 1 aromatic rings. The minimum atomic E-state index is -5.12. The number of halogens is 6. The molecule has 18 heavy (non-hydrogen) atoms. The van der Waals surface area contributed by atoms with E-state index < -0.39 is 34.6 Å². The van der Waals surface area contributed by atoms with Crippen molar-refractivity contribution in [1.82, 2.24) is 9.94 Å². The lowest BCUT2D eigenvalue weighted by molar-refractivity contribution is -0.163. The van der Waals surface area contributed by atoms with Gasteiger partial charge in [-0.05, 0) is 0 Å². The van der Waals surface area contributed by atoms with Gasteiger partial charge in [0.2, 0.25) is 0 Å². The van der Waals surface area contributed by atoms with Gasteiger partial charge < -0.3 is 4.84 Å². The number of rotatable bonds is 2. The average molecular weight is 276 g/mol. The van der Waals surface area contributed by atoms with Crippen molar-refractivity contribution in [3.05, 3.63) is 17.5 Å². The summed E-state index contributed by atoms with van der Waals surface area (Å²) in [4.78, 5) is 14.4. The first kappa shape index (κ1) is 14.3. The summed E-state index contributed by atoms with van der Waals surface area (Å²) in [6.45, 7) is 1.27. The quantitative estimate of drug-likeness (QED) is 0.778. The van der Waals surface area contributed by atoms with E-state index in [0.717, 1.165) is 0 Å². The topological polar surface area (TPSA) is 44.1 Å². The van der Waals surface area contributed by atoms with Crippen LogP contribution >= 0.6 is 0 Å². The number of hydrogen-bond acceptors (Lipinski definition) is 3. The van der Waals surface area contributed by atoms with E-state index in [1.807, 2.05) is 0 Å². The molecule has 0 radical (unpaired) electrons. The summed E-state index contributed by atoms with van der Waals surface area (Å²) in [7, 11) is 0. The van der Waals surface area contributed by atoms with Gasteiger partial charge in [0.25, 0.3) is 0 Å². The fourth-order valence-electron chi connectivity index (χ4n) is 0.925. The first-order valence-electron chi connectivity index (χ1n) is 4.51. The summed E-state index contributed by atoms with van der Waals surface area (Å²) < 4.78 is 73.8. The van der Waals surface area contributed by atoms with E-state index in [2.05, 4.69) is 9.94 Å². The van der Waals surface area contributed by atoms with Gasteiger partial charge in [0, 0.05) is 12.5 Å². The van der Waals surface area contributed by atoms with E-state index in [1.165, 1.54) is 6.92 Å². The van der Waals surface area contributed by atoms with Crippen LogP contribution in [0.4, 0.5) is 26.3 Å². The van der Waals surface area contributed by atoms with Crippen molar-refractivity contribution in [3.63, 3.8) is 0 Å². The zero-order valence-electron chi connectivity index (χ0n) is 8.76. The van der Waals surface area contributed by atoms with Crippen LogP contribution in [0.2, 0.25) is 0 Å². The summed E-state index contributed by atoms with van der Waals surface area (Å²) in [5.41, 5.74) is -3.60. The molecular formula is C8H6F6N2O2. The maximum atomic E-state index is 12.4. The molecule has 0 amide bonds. The van der Waals surface area contributed by atoms with Gasteiger partial charge in [-0.2, -0.15) is 26.3 Å². The molecule has 4 nitrogen and oxygen atoms in total. The monoisotopic (exact) mass is 276 g/mol. The number of hydrogen-bond donors (Lipinski definition) is 0. The lowest BCUT2D eigenvalue weighted by Crippen LogP contribution is -2.25. The van der Waals surface area contributed by atoms with E-state index in [1.54, 1.807) is 0 Å². The Morgan fingerprint density at radius 1 is 1.28 bits per heavy atom. The SMILES string of the molecule is CCC(=O)On1nc(C(F)(F)F)cc1C(F)(F)F. The molecule has 0 aromatic carbocycles. The molecule has 1 heterocycles. The molecule has 102 valence electrons. The van der Waals surface area contributed by atoms with Crippen molar-refractivity contribution in [2.24, 2.45) is 0 Å². The van der Waals surface area contributed by atoms with Crippen LogP contribution in [0, 0.1) is 0 Å². The fourth-order valence-corrected chi connectivity index (χ4v) is 0.925. The van der Waals surface area contributed by atoms with Crippen LogP contribution in [0.25, 0.3) is 0 Å². The van der Waals surface area contributed by atoms with Crippen molar-refractivity contribution in [2.45, 2.75) is 25.7 Å². The molecule has 0 saturated heterocycles. The van der Waals surface area contributed by atoms with Gasteiger partial charge >= 0.3 is 18.3 Å². The van der Waals surface area contributed by atoms with Crippen LogP contribution in [-0.4, -0.2) is 15.9 Å². The van der Waals surface area contributed by atoms with Gasteiger partial charge in [0.05, 0.1) is 0 Å². The van der Waals surface area contributed by atoms with Crippen molar-refractivity contribution in [2.75, 3.05) is 0 Å². The largest absolute Gasteiger partial charge is 0.436 e. The predicted octanol–water partition coefficient (Wildman–Crippen LogP) is 2.29. The second kappa shape index (κ2) is 4.50. The number of nitrogens with zero attached hydrogens (tertiary/aromatic N) is 2. The summed E-state index contributed by atoms with van der Waals surface area (Å²) in [5, 5.41) is 2.56. The van der Waals surface area contributed by atoms with Crippen LogP contribution in [0.1, 0.15) is 24.7 Å². The molecule has 0 aliphatic heterocycles.